The van der Waals surface area contributed by atoms with Crippen molar-refractivity contribution < 1.29 is 19.1 Å². The minimum atomic E-state index is -0.740. The topological polar surface area (TPSA) is 79.0 Å². The smallest absolute Gasteiger partial charge is 0.325 e. The maximum absolute atomic E-state index is 12.7. The molecule has 130 valence electrons. The molecule has 2 saturated heterocycles. The minimum absolute atomic E-state index is 0.142. The summed E-state index contributed by atoms with van der Waals surface area (Å²) in [6.45, 7) is 7.27. The third kappa shape index (κ3) is 4.02. The molecule has 0 aliphatic carbocycles. The van der Waals surface area contributed by atoms with Crippen molar-refractivity contribution in [2.45, 2.75) is 45.1 Å². The number of likely N-dealkylation sites (tertiary alicyclic amines) is 1. The van der Waals surface area contributed by atoms with Crippen molar-refractivity contribution in [1.82, 2.24) is 15.1 Å². The van der Waals surface area contributed by atoms with Gasteiger partial charge in [-0.3, -0.25) is 14.5 Å². The third-order valence-corrected chi connectivity index (χ3v) is 4.57. The number of amides is 3. The molecular weight excluding hydrogens is 298 g/mol. The van der Waals surface area contributed by atoms with Crippen molar-refractivity contribution in [3.05, 3.63) is 0 Å². The first-order valence-electron chi connectivity index (χ1n) is 8.31. The van der Waals surface area contributed by atoms with Gasteiger partial charge in [0.1, 0.15) is 5.54 Å². The lowest BCUT2D eigenvalue weighted by atomic mass is 9.87. The standard InChI is InChI=1S/C16H27N3O4/c1-12(2)11-18-9-6-16(7-10-18)14(21)19(15(22)17-16)8-4-5-13(20)23-3/h12H,4-11H2,1-3H3,(H,17,22). The number of piperidine rings is 1. The Morgan fingerprint density at radius 2 is 1.96 bits per heavy atom. The Labute approximate surface area is 137 Å². The first-order chi connectivity index (χ1) is 10.9. The molecule has 0 saturated carbocycles. The van der Waals surface area contributed by atoms with Crippen LogP contribution >= 0.6 is 0 Å². The van der Waals surface area contributed by atoms with Crippen molar-refractivity contribution in [3.63, 3.8) is 0 Å². The molecule has 0 bridgehead atoms. The molecule has 0 aromatic heterocycles. The predicted octanol–water partition coefficient (Wildman–Crippen LogP) is 0.982. The van der Waals surface area contributed by atoms with E-state index in [-0.39, 0.29) is 30.9 Å². The summed E-state index contributed by atoms with van der Waals surface area (Å²) in [7, 11) is 1.33. The SMILES string of the molecule is COC(=O)CCCN1C(=O)NC2(CCN(CC(C)C)CC2)C1=O. The van der Waals surface area contributed by atoms with Crippen molar-refractivity contribution in [2.75, 3.05) is 33.3 Å². The lowest BCUT2D eigenvalue weighted by Crippen LogP contribution is -2.55. The van der Waals surface area contributed by atoms with Gasteiger partial charge in [0.15, 0.2) is 0 Å². The van der Waals surface area contributed by atoms with Gasteiger partial charge in [-0.25, -0.2) is 4.79 Å². The van der Waals surface area contributed by atoms with Crippen LogP contribution in [0, 0.1) is 5.92 Å². The van der Waals surface area contributed by atoms with Crippen LogP contribution in [0.4, 0.5) is 4.79 Å². The molecule has 0 radical (unpaired) electrons. The van der Waals surface area contributed by atoms with Gasteiger partial charge in [-0.2, -0.15) is 0 Å². The van der Waals surface area contributed by atoms with E-state index in [4.69, 9.17) is 0 Å². The number of hydrogen-bond acceptors (Lipinski definition) is 5. The van der Waals surface area contributed by atoms with Crippen LogP contribution in [-0.2, 0) is 14.3 Å². The molecule has 7 heteroatoms. The molecule has 1 N–H and O–H groups in total. The average Bonchev–Trinajstić information content (AvgIpc) is 2.73. The molecule has 2 aliphatic rings. The molecular formula is C16H27N3O4. The highest BCUT2D eigenvalue weighted by molar-refractivity contribution is 6.07. The first kappa shape index (κ1) is 17.7. The van der Waals surface area contributed by atoms with Gasteiger partial charge in [0.2, 0.25) is 0 Å². The number of carbonyl (C=O) groups excluding carboxylic acids is 3. The van der Waals surface area contributed by atoms with E-state index in [9.17, 15) is 14.4 Å². The second-order valence-electron chi connectivity index (χ2n) is 6.84. The van der Waals surface area contributed by atoms with Gasteiger partial charge >= 0.3 is 12.0 Å². The molecule has 2 aliphatic heterocycles. The molecule has 7 nitrogen and oxygen atoms in total. The average molecular weight is 325 g/mol. The molecule has 0 aromatic carbocycles. The molecule has 2 heterocycles. The molecule has 1 spiro atoms. The van der Waals surface area contributed by atoms with Gasteiger partial charge in [0, 0.05) is 32.6 Å². The Bertz CT molecular complexity index is 470. The Balaban J connectivity index is 1.89. The van der Waals surface area contributed by atoms with Crippen molar-refractivity contribution in [1.29, 1.82) is 0 Å². The zero-order chi connectivity index (χ0) is 17.0. The van der Waals surface area contributed by atoms with Crippen LogP contribution in [0.1, 0.15) is 39.5 Å². The van der Waals surface area contributed by atoms with Crippen LogP contribution in [0.15, 0.2) is 0 Å². The van der Waals surface area contributed by atoms with Crippen molar-refractivity contribution >= 4 is 17.9 Å². The molecule has 23 heavy (non-hydrogen) atoms. The fourth-order valence-corrected chi connectivity index (χ4v) is 3.34. The predicted molar refractivity (Wildman–Crippen MR) is 84.7 cm³/mol. The number of urea groups is 1. The summed E-state index contributed by atoms with van der Waals surface area (Å²) in [5.74, 6) is 0.123. The van der Waals surface area contributed by atoms with Gasteiger partial charge < -0.3 is 15.0 Å². The normalized spacial score (nSPS) is 21.1. The monoisotopic (exact) mass is 325 g/mol. The van der Waals surface area contributed by atoms with E-state index < -0.39 is 5.54 Å². The van der Waals surface area contributed by atoms with E-state index in [2.05, 4.69) is 28.8 Å². The van der Waals surface area contributed by atoms with Crippen LogP contribution in [0.5, 0.6) is 0 Å². The summed E-state index contributed by atoms with van der Waals surface area (Å²) in [6, 6.07) is -0.336. The Morgan fingerprint density at radius 3 is 2.52 bits per heavy atom. The van der Waals surface area contributed by atoms with Gasteiger partial charge in [-0.05, 0) is 25.2 Å². The number of nitrogens with zero attached hydrogens (tertiary/aromatic N) is 2. The maximum Gasteiger partial charge on any atom is 0.325 e. The number of nitrogens with one attached hydrogen (secondary N) is 1. The number of esters is 1. The zero-order valence-electron chi connectivity index (χ0n) is 14.3. The Morgan fingerprint density at radius 1 is 1.30 bits per heavy atom. The highest BCUT2D eigenvalue weighted by Crippen LogP contribution is 2.29. The van der Waals surface area contributed by atoms with Crippen LogP contribution in [-0.4, -0.2) is 66.5 Å². The summed E-state index contributed by atoms with van der Waals surface area (Å²) < 4.78 is 4.57. The van der Waals surface area contributed by atoms with E-state index in [1.54, 1.807) is 0 Å². The summed E-state index contributed by atoms with van der Waals surface area (Å²) >= 11 is 0. The number of hydrogen-bond donors (Lipinski definition) is 1. The Kier molecular flexibility index (Phi) is 5.62. The van der Waals surface area contributed by atoms with Gasteiger partial charge in [-0.1, -0.05) is 13.8 Å². The Hall–Kier alpha value is -1.63. The summed E-state index contributed by atoms with van der Waals surface area (Å²) in [4.78, 5) is 39.5. The molecule has 2 fully saturated rings. The number of imide groups is 1. The maximum atomic E-state index is 12.7. The minimum Gasteiger partial charge on any atom is -0.469 e. The lowest BCUT2D eigenvalue weighted by molar-refractivity contribution is -0.141. The van der Waals surface area contributed by atoms with Crippen molar-refractivity contribution in [2.24, 2.45) is 5.92 Å². The first-order valence-corrected chi connectivity index (χ1v) is 8.31. The van der Waals surface area contributed by atoms with E-state index in [1.165, 1.54) is 12.0 Å². The molecule has 0 atom stereocenters. The highest BCUT2D eigenvalue weighted by atomic mass is 16.5. The third-order valence-electron chi connectivity index (χ3n) is 4.57. The van der Waals surface area contributed by atoms with E-state index >= 15 is 0 Å². The molecule has 2 rings (SSSR count). The molecule has 3 amide bonds. The van der Waals surface area contributed by atoms with Gasteiger partial charge in [-0.15, -0.1) is 0 Å². The van der Waals surface area contributed by atoms with E-state index in [0.717, 1.165) is 19.6 Å². The number of carbonyl (C=O) groups is 3. The summed E-state index contributed by atoms with van der Waals surface area (Å²) in [5, 5.41) is 2.89. The molecule has 0 aromatic rings. The molecule has 0 unspecified atom stereocenters. The van der Waals surface area contributed by atoms with Crippen LogP contribution in [0.25, 0.3) is 0 Å². The van der Waals surface area contributed by atoms with E-state index in [1.807, 2.05) is 0 Å². The second-order valence-corrected chi connectivity index (χ2v) is 6.84. The summed E-state index contributed by atoms with van der Waals surface area (Å²) in [5.41, 5.74) is -0.740. The van der Waals surface area contributed by atoms with Gasteiger partial charge in [0.05, 0.1) is 7.11 Å². The quantitative estimate of drug-likeness (QED) is 0.582. The van der Waals surface area contributed by atoms with Crippen LogP contribution in [0.3, 0.4) is 0 Å². The largest absolute Gasteiger partial charge is 0.469 e. The van der Waals surface area contributed by atoms with Crippen LogP contribution < -0.4 is 5.32 Å². The second kappa shape index (κ2) is 7.29. The van der Waals surface area contributed by atoms with Crippen molar-refractivity contribution in [3.8, 4) is 0 Å². The summed E-state index contributed by atoms with van der Waals surface area (Å²) in [6.07, 6.45) is 1.94. The zero-order valence-corrected chi connectivity index (χ0v) is 14.3. The van der Waals surface area contributed by atoms with E-state index in [0.29, 0.717) is 25.2 Å². The highest BCUT2D eigenvalue weighted by Gasteiger charge is 2.51. The fraction of sp³-hybridized carbons (Fsp3) is 0.812. The fourth-order valence-electron chi connectivity index (χ4n) is 3.34. The lowest BCUT2D eigenvalue weighted by Gasteiger charge is -2.37. The van der Waals surface area contributed by atoms with Gasteiger partial charge in [0.25, 0.3) is 5.91 Å². The number of rotatable bonds is 6. The number of methoxy groups -OCH3 is 1. The van der Waals surface area contributed by atoms with Crippen LogP contribution in [0.2, 0.25) is 0 Å². The number of ether oxygens (including phenoxy) is 1.